The van der Waals surface area contributed by atoms with Gasteiger partial charge in [0.2, 0.25) is 0 Å². The van der Waals surface area contributed by atoms with Crippen LogP contribution in [0.5, 0.6) is 0 Å². The van der Waals surface area contributed by atoms with Gasteiger partial charge in [-0.25, -0.2) is 0 Å². The zero-order valence-corrected chi connectivity index (χ0v) is 17.3. The molecule has 0 saturated carbocycles. The number of thiophene rings is 1. The maximum Gasteiger partial charge on any atom is 0.0349 e. The van der Waals surface area contributed by atoms with Crippen LogP contribution in [0, 0.1) is 0 Å². The van der Waals surface area contributed by atoms with E-state index in [9.17, 15) is 0 Å². The van der Waals surface area contributed by atoms with E-state index in [0.717, 1.165) is 0 Å². The van der Waals surface area contributed by atoms with Crippen molar-refractivity contribution < 1.29 is 0 Å². The highest BCUT2D eigenvalue weighted by molar-refractivity contribution is 7.17. The smallest absolute Gasteiger partial charge is 0.0349 e. The van der Waals surface area contributed by atoms with Crippen LogP contribution in [0.25, 0.3) is 42.4 Å². The van der Waals surface area contributed by atoms with Crippen molar-refractivity contribution in [3.8, 4) is 0 Å². The molecule has 0 saturated heterocycles. The van der Waals surface area contributed by atoms with Crippen LogP contribution in [-0.2, 0) is 6.42 Å². The molecule has 0 nitrogen and oxygen atoms in total. The van der Waals surface area contributed by atoms with E-state index in [2.05, 4.69) is 73.0 Å². The summed E-state index contributed by atoms with van der Waals surface area (Å²) in [6.07, 6.45) is 7.92. The van der Waals surface area contributed by atoms with E-state index in [1.54, 1.807) is 0 Å². The third-order valence-corrected chi connectivity index (χ3v) is 6.92. The highest BCUT2D eigenvalue weighted by atomic mass is 32.1. The summed E-state index contributed by atoms with van der Waals surface area (Å²) < 4.78 is 1.37. The van der Waals surface area contributed by atoms with Crippen molar-refractivity contribution in [2.45, 2.75) is 45.4 Å². The number of unbranched alkanes of at least 4 members (excludes halogenated alkanes) is 4. The van der Waals surface area contributed by atoms with Gasteiger partial charge in [-0.05, 0) is 80.4 Å². The molecule has 1 aromatic heterocycles. The Kier molecular flexibility index (Phi) is 4.78. The zero-order valence-electron chi connectivity index (χ0n) is 16.5. The van der Waals surface area contributed by atoms with Crippen molar-refractivity contribution in [2.24, 2.45) is 0 Å². The van der Waals surface area contributed by atoms with E-state index in [0.29, 0.717) is 0 Å². The predicted molar refractivity (Wildman–Crippen MR) is 127 cm³/mol. The first-order valence-corrected chi connectivity index (χ1v) is 11.5. The first-order chi connectivity index (χ1) is 13.8. The van der Waals surface area contributed by atoms with Gasteiger partial charge >= 0.3 is 0 Å². The summed E-state index contributed by atoms with van der Waals surface area (Å²) in [5.41, 5.74) is 1.48. The Morgan fingerprint density at radius 3 is 2.36 bits per heavy atom. The van der Waals surface area contributed by atoms with Gasteiger partial charge in [0.25, 0.3) is 0 Å². The Bertz CT molecular complexity index is 1280. The molecule has 0 aliphatic heterocycles. The molecule has 0 bridgehead atoms. The second-order valence-corrected chi connectivity index (χ2v) is 8.93. The maximum absolute atomic E-state index is 2.40. The topological polar surface area (TPSA) is 0 Å². The van der Waals surface area contributed by atoms with Crippen LogP contribution in [0.3, 0.4) is 0 Å². The van der Waals surface area contributed by atoms with E-state index in [-0.39, 0.29) is 0 Å². The molecule has 0 unspecified atom stereocenters. The van der Waals surface area contributed by atoms with Crippen LogP contribution in [0.1, 0.15) is 44.6 Å². The SMILES string of the molecule is CCCCCCCc1ccc2cc3c(ccc4c5ccsc5ccc34)cc2c1. The molecular formula is C27H26S. The minimum absolute atomic E-state index is 1.20. The summed E-state index contributed by atoms with van der Waals surface area (Å²) in [4.78, 5) is 0. The quantitative estimate of drug-likeness (QED) is 0.156. The second-order valence-electron chi connectivity index (χ2n) is 7.98. The van der Waals surface area contributed by atoms with Crippen LogP contribution in [-0.4, -0.2) is 0 Å². The molecule has 0 fully saturated rings. The third kappa shape index (κ3) is 3.18. The fourth-order valence-electron chi connectivity index (χ4n) is 4.48. The Morgan fingerprint density at radius 1 is 0.607 bits per heavy atom. The molecule has 5 rings (SSSR count). The van der Waals surface area contributed by atoms with Gasteiger partial charge in [0, 0.05) is 10.1 Å². The van der Waals surface area contributed by atoms with E-state index in [4.69, 9.17) is 0 Å². The van der Waals surface area contributed by atoms with Gasteiger partial charge in [0.05, 0.1) is 0 Å². The number of hydrogen-bond acceptors (Lipinski definition) is 1. The average Bonchev–Trinajstić information content (AvgIpc) is 3.21. The molecule has 1 heterocycles. The van der Waals surface area contributed by atoms with Gasteiger partial charge in [-0.2, -0.15) is 0 Å². The van der Waals surface area contributed by atoms with Crippen molar-refractivity contribution in [3.05, 3.63) is 71.6 Å². The zero-order chi connectivity index (χ0) is 18.9. The molecule has 1 heteroatoms. The molecule has 0 spiro atoms. The lowest BCUT2D eigenvalue weighted by Gasteiger charge is -2.09. The van der Waals surface area contributed by atoms with Crippen molar-refractivity contribution in [3.63, 3.8) is 0 Å². The first kappa shape index (κ1) is 17.7. The molecule has 140 valence electrons. The Labute approximate surface area is 170 Å². The second kappa shape index (κ2) is 7.56. The fourth-order valence-corrected chi connectivity index (χ4v) is 5.28. The molecule has 0 aliphatic carbocycles. The number of benzene rings is 4. The monoisotopic (exact) mass is 382 g/mol. The summed E-state index contributed by atoms with van der Waals surface area (Å²) in [5.74, 6) is 0. The van der Waals surface area contributed by atoms with Gasteiger partial charge in [0.15, 0.2) is 0 Å². The van der Waals surface area contributed by atoms with Crippen LogP contribution in [0.2, 0.25) is 0 Å². The van der Waals surface area contributed by atoms with Gasteiger partial charge in [-0.1, -0.05) is 69.0 Å². The lowest BCUT2D eigenvalue weighted by Crippen LogP contribution is -1.87. The molecular weight excluding hydrogens is 356 g/mol. The summed E-state index contributed by atoms with van der Waals surface area (Å²) >= 11 is 1.82. The van der Waals surface area contributed by atoms with Gasteiger partial charge in [-0.15, -0.1) is 11.3 Å². The van der Waals surface area contributed by atoms with Gasteiger partial charge in [0.1, 0.15) is 0 Å². The molecule has 0 atom stereocenters. The molecule has 28 heavy (non-hydrogen) atoms. The maximum atomic E-state index is 2.40. The van der Waals surface area contributed by atoms with Gasteiger partial charge in [-0.3, -0.25) is 0 Å². The average molecular weight is 383 g/mol. The van der Waals surface area contributed by atoms with Crippen LogP contribution in [0.15, 0.2) is 66.0 Å². The molecule has 0 amide bonds. The van der Waals surface area contributed by atoms with Crippen molar-refractivity contribution >= 4 is 53.7 Å². The highest BCUT2D eigenvalue weighted by Gasteiger charge is 2.07. The highest BCUT2D eigenvalue weighted by Crippen LogP contribution is 2.35. The molecule has 4 aromatic carbocycles. The molecule has 5 aromatic rings. The Balaban J connectivity index is 1.54. The lowest BCUT2D eigenvalue weighted by atomic mass is 9.95. The molecule has 0 radical (unpaired) electrons. The van der Waals surface area contributed by atoms with Crippen molar-refractivity contribution in [1.29, 1.82) is 0 Å². The van der Waals surface area contributed by atoms with E-state index < -0.39 is 0 Å². The fraction of sp³-hybridized carbons (Fsp3) is 0.259. The van der Waals surface area contributed by atoms with Crippen LogP contribution in [0.4, 0.5) is 0 Å². The summed E-state index contributed by atoms with van der Waals surface area (Å²) in [5, 5.41) is 11.7. The summed E-state index contributed by atoms with van der Waals surface area (Å²) in [7, 11) is 0. The van der Waals surface area contributed by atoms with Crippen LogP contribution >= 0.6 is 11.3 Å². The van der Waals surface area contributed by atoms with Crippen LogP contribution < -0.4 is 0 Å². The van der Waals surface area contributed by atoms with Gasteiger partial charge < -0.3 is 0 Å². The summed E-state index contributed by atoms with van der Waals surface area (Å²) in [6, 6.07) is 23.2. The Morgan fingerprint density at radius 2 is 1.43 bits per heavy atom. The number of fused-ring (bicyclic) bond motifs is 6. The van der Waals surface area contributed by atoms with E-state index >= 15 is 0 Å². The van der Waals surface area contributed by atoms with Crippen molar-refractivity contribution in [1.82, 2.24) is 0 Å². The first-order valence-electron chi connectivity index (χ1n) is 10.6. The van der Waals surface area contributed by atoms with E-state index in [1.807, 2.05) is 11.3 Å². The standard InChI is InChI=1S/C27H26S/c1-2-3-4-5-6-7-19-8-9-20-18-26-21(17-22(20)16-19)10-11-23-24(26)12-13-27-25(23)14-15-28-27/h8-18H,2-7H2,1H3. The predicted octanol–water partition coefficient (Wildman–Crippen LogP) is 8.87. The molecule has 0 aliphatic rings. The van der Waals surface area contributed by atoms with Crippen molar-refractivity contribution in [2.75, 3.05) is 0 Å². The summed E-state index contributed by atoms with van der Waals surface area (Å²) in [6.45, 7) is 2.28. The lowest BCUT2D eigenvalue weighted by molar-refractivity contribution is 0.632. The number of rotatable bonds is 6. The number of aryl methyl sites for hydroxylation is 1. The van der Waals surface area contributed by atoms with E-state index in [1.165, 1.54) is 86.5 Å². The minimum atomic E-state index is 1.20. The molecule has 0 N–H and O–H groups in total. The Hall–Kier alpha value is -2.38. The normalized spacial score (nSPS) is 11.9. The largest absolute Gasteiger partial charge is 0.144 e. The number of hydrogen-bond donors (Lipinski definition) is 0. The third-order valence-electron chi connectivity index (χ3n) is 6.04. The minimum Gasteiger partial charge on any atom is -0.144 e.